The molecule has 2 aromatic carbocycles. The van der Waals surface area contributed by atoms with Crippen LogP contribution >= 0.6 is 0 Å². The molecule has 4 nitrogen and oxygen atoms in total. The minimum atomic E-state index is -0.198. The quantitative estimate of drug-likeness (QED) is 0.504. The van der Waals surface area contributed by atoms with Crippen LogP contribution in [0.1, 0.15) is 23.6 Å². The Morgan fingerprint density at radius 2 is 2.00 bits per heavy atom. The van der Waals surface area contributed by atoms with Gasteiger partial charge in [0.2, 0.25) is 0 Å². The number of hydrogen-bond donors (Lipinski definition) is 1. The number of aliphatic hydroxyl groups is 1. The summed E-state index contributed by atoms with van der Waals surface area (Å²) in [7, 11) is 1.60. The SMILES string of the molecule is C=NC(C)=Nc1ccccc1CC(=C)c1ccc(OC)c(C#CCO)c1. The lowest BCUT2D eigenvalue weighted by Gasteiger charge is -2.11. The van der Waals surface area contributed by atoms with Gasteiger partial charge in [0.05, 0.1) is 18.4 Å². The van der Waals surface area contributed by atoms with Crippen molar-refractivity contribution >= 4 is 23.8 Å². The second kappa shape index (κ2) is 9.36. The van der Waals surface area contributed by atoms with E-state index in [1.807, 2.05) is 49.4 Å². The summed E-state index contributed by atoms with van der Waals surface area (Å²) in [4.78, 5) is 8.34. The standard InChI is InChI=1S/C22H22N2O2/c1-16(14-19-8-5-6-10-21(19)24-17(2)23-3)18-11-12-22(26-4)20(15-18)9-7-13-25/h5-6,8,10-12,15,25H,1,3,13-14H2,2,4H3. The second-order valence-electron chi connectivity index (χ2n) is 5.60. The molecule has 2 aromatic rings. The summed E-state index contributed by atoms with van der Waals surface area (Å²) in [5.74, 6) is 6.85. The first-order chi connectivity index (χ1) is 12.6. The van der Waals surface area contributed by atoms with Crippen molar-refractivity contribution in [2.45, 2.75) is 13.3 Å². The molecule has 0 spiro atoms. The number of aliphatic imine (C=N–C) groups is 2. The van der Waals surface area contributed by atoms with E-state index < -0.39 is 0 Å². The number of para-hydroxylation sites is 1. The molecule has 0 aromatic heterocycles. The summed E-state index contributed by atoms with van der Waals surface area (Å²) in [6.07, 6.45) is 0.642. The van der Waals surface area contributed by atoms with E-state index >= 15 is 0 Å². The van der Waals surface area contributed by atoms with Crippen molar-refractivity contribution in [1.29, 1.82) is 0 Å². The Kier molecular flexibility index (Phi) is 6.90. The van der Waals surface area contributed by atoms with Crippen molar-refractivity contribution in [3.05, 3.63) is 65.7 Å². The van der Waals surface area contributed by atoms with Crippen LogP contribution in [0.5, 0.6) is 5.75 Å². The number of hydrogen-bond acceptors (Lipinski definition) is 3. The van der Waals surface area contributed by atoms with Crippen molar-refractivity contribution in [2.75, 3.05) is 13.7 Å². The van der Waals surface area contributed by atoms with Gasteiger partial charge in [0.15, 0.2) is 0 Å². The smallest absolute Gasteiger partial charge is 0.134 e. The van der Waals surface area contributed by atoms with Gasteiger partial charge >= 0.3 is 0 Å². The average molecular weight is 346 g/mol. The van der Waals surface area contributed by atoms with E-state index in [-0.39, 0.29) is 6.61 Å². The Hall–Kier alpha value is -3.16. The van der Waals surface area contributed by atoms with E-state index in [1.54, 1.807) is 7.11 Å². The van der Waals surface area contributed by atoms with Gasteiger partial charge in [0, 0.05) is 0 Å². The molecule has 132 valence electrons. The number of methoxy groups -OCH3 is 1. The summed E-state index contributed by atoms with van der Waals surface area (Å²) >= 11 is 0. The van der Waals surface area contributed by atoms with E-state index in [4.69, 9.17) is 9.84 Å². The zero-order valence-electron chi connectivity index (χ0n) is 15.1. The summed E-state index contributed by atoms with van der Waals surface area (Å²) in [6, 6.07) is 13.6. The highest BCUT2D eigenvalue weighted by Crippen LogP contribution is 2.28. The van der Waals surface area contributed by atoms with Crippen molar-refractivity contribution in [3.63, 3.8) is 0 Å². The van der Waals surface area contributed by atoms with Crippen LogP contribution in [-0.2, 0) is 6.42 Å². The van der Waals surface area contributed by atoms with Gasteiger partial charge in [-0.05, 0) is 55.0 Å². The molecular weight excluding hydrogens is 324 g/mol. The van der Waals surface area contributed by atoms with Gasteiger partial charge in [-0.25, -0.2) is 9.98 Å². The predicted molar refractivity (Wildman–Crippen MR) is 108 cm³/mol. The van der Waals surface area contributed by atoms with Gasteiger partial charge in [-0.1, -0.05) is 42.7 Å². The van der Waals surface area contributed by atoms with Gasteiger partial charge in [0.25, 0.3) is 0 Å². The first kappa shape index (κ1) is 19.2. The summed E-state index contributed by atoms with van der Waals surface area (Å²) in [6.45, 7) is 9.34. The molecule has 2 rings (SSSR count). The average Bonchev–Trinajstić information content (AvgIpc) is 2.67. The number of ether oxygens (including phenoxy) is 1. The molecule has 1 N–H and O–H groups in total. The highest BCUT2D eigenvalue weighted by atomic mass is 16.5. The molecule has 0 bridgehead atoms. The predicted octanol–water partition coefficient (Wildman–Crippen LogP) is 4.05. The summed E-state index contributed by atoms with van der Waals surface area (Å²) < 4.78 is 5.32. The number of aliphatic hydroxyl groups excluding tert-OH is 1. The number of rotatable bonds is 5. The lowest BCUT2D eigenvalue weighted by Crippen LogP contribution is -1.94. The normalized spacial score (nSPS) is 10.7. The third-order valence-corrected chi connectivity index (χ3v) is 3.82. The number of nitrogens with zero attached hydrogens (tertiary/aromatic N) is 2. The van der Waals surface area contributed by atoms with Crippen molar-refractivity contribution < 1.29 is 9.84 Å². The molecule has 4 heteroatoms. The number of allylic oxidation sites excluding steroid dienone is 1. The molecule has 0 heterocycles. The third kappa shape index (κ3) is 4.92. The molecule has 0 unspecified atom stereocenters. The first-order valence-corrected chi connectivity index (χ1v) is 8.15. The van der Waals surface area contributed by atoms with Gasteiger partial charge in [0.1, 0.15) is 18.2 Å². The second-order valence-corrected chi connectivity index (χ2v) is 5.60. The topological polar surface area (TPSA) is 54.2 Å². The van der Waals surface area contributed by atoms with E-state index in [2.05, 4.69) is 35.1 Å². The highest BCUT2D eigenvalue weighted by Gasteiger charge is 2.08. The number of amidine groups is 1. The van der Waals surface area contributed by atoms with Crippen LogP contribution < -0.4 is 4.74 Å². The van der Waals surface area contributed by atoms with Gasteiger partial charge in [-0.3, -0.25) is 0 Å². The molecule has 0 amide bonds. The molecule has 0 saturated carbocycles. The summed E-state index contributed by atoms with van der Waals surface area (Å²) in [5, 5.41) is 8.93. The molecule has 0 radical (unpaired) electrons. The minimum Gasteiger partial charge on any atom is -0.495 e. The van der Waals surface area contributed by atoms with E-state index in [0.717, 1.165) is 28.0 Å². The Bertz CT molecular complexity index is 902. The van der Waals surface area contributed by atoms with Crippen LogP contribution in [-0.4, -0.2) is 31.4 Å². The molecule has 26 heavy (non-hydrogen) atoms. The molecule has 0 aliphatic rings. The van der Waals surface area contributed by atoms with Crippen molar-refractivity contribution in [2.24, 2.45) is 9.98 Å². The Balaban J connectivity index is 2.33. The maximum Gasteiger partial charge on any atom is 0.134 e. The van der Waals surface area contributed by atoms with Crippen LogP contribution in [0.15, 0.2) is 59.0 Å². The maximum absolute atomic E-state index is 8.93. The Morgan fingerprint density at radius 3 is 2.69 bits per heavy atom. The zero-order chi connectivity index (χ0) is 18.9. The highest BCUT2D eigenvalue weighted by molar-refractivity contribution is 5.86. The zero-order valence-corrected chi connectivity index (χ0v) is 15.1. The lowest BCUT2D eigenvalue weighted by atomic mass is 9.97. The fourth-order valence-electron chi connectivity index (χ4n) is 2.47. The van der Waals surface area contributed by atoms with Crippen molar-refractivity contribution in [3.8, 4) is 17.6 Å². The molecule has 0 aliphatic heterocycles. The summed E-state index contributed by atoms with van der Waals surface area (Å²) in [5.41, 5.74) is 4.53. The molecule has 0 aliphatic carbocycles. The fraction of sp³-hybridized carbons (Fsp3) is 0.182. The molecule has 0 saturated heterocycles. The van der Waals surface area contributed by atoms with E-state index in [9.17, 15) is 0 Å². The van der Waals surface area contributed by atoms with Crippen molar-refractivity contribution in [1.82, 2.24) is 0 Å². The van der Waals surface area contributed by atoms with Gasteiger partial charge < -0.3 is 9.84 Å². The molecule has 0 atom stereocenters. The monoisotopic (exact) mass is 346 g/mol. The van der Waals surface area contributed by atoms with Crippen LogP contribution in [0.25, 0.3) is 5.57 Å². The van der Waals surface area contributed by atoms with Gasteiger partial charge in [-0.2, -0.15) is 0 Å². The minimum absolute atomic E-state index is 0.198. The van der Waals surface area contributed by atoms with E-state index in [1.165, 1.54) is 0 Å². The van der Waals surface area contributed by atoms with Crippen LogP contribution in [0, 0.1) is 11.8 Å². The number of benzene rings is 2. The third-order valence-electron chi connectivity index (χ3n) is 3.82. The first-order valence-electron chi connectivity index (χ1n) is 8.15. The van der Waals surface area contributed by atoms with Crippen LogP contribution in [0.3, 0.4) is 0 Å². The molecule has 0 fully saturated rings. The molecular formula is C22H22N2O2. The Morgan fingerprint density at radius 1 is 1.23 bits per heavy atom. The fourth-order valence-corrected chi connectivity index (χ4v) is 2.47. The Labute approximate surface area is 154 Å². The van der Waals surface area contributed by atoms with Gasteiger partial charge in [-0.15, -0.1) is 0 Å². The maximum atomic E-state index is 8.93. The van der Waals surface area contributed by atoms with Crippen LogP contribution in [0.2, 0.25) is 0 Å². The van der Waals surface area contributed by atoms with Crippen LogP contribution in [0.4, 0.5) is 5.69 Å². The largest absolute Gasteiger partial charge is 0.495 e. The lowest BCUT2D eigenvalue weighted by molar-refractivity contribution is 0.350. The van der Waals surface area contributed by atoms with E-state index in [0.29, 0.717) is 18.0 Å².